The van der Waals surface area contributed by atoms with Gasteiger partial charge >= 0.3 is 0 Å². The Balaban J connectivity index is 1.93. The molecule has 0 fully saturated rings. The van der Waals surface area contributed by atoms with Gasteiger partial charge in [0, 0.05) is 23.0 Å². The van der Waals surface area contributed by atoms with E-state index in [1.807, 2.05) is 31.5 Å². The standard InChI is InChI=1S/C14H21N5O2/c1-8-5-10(3)19(18-8)7-9(2)15-13(20)6-12-11(4)16-17-14(12)21/h5,9H,6-7H2,1-4H3,(H,15,20)(H2,16,17,21)/t9-/m1/s1. The zero-order valence-electron chi connectivity index (χ0n) is 12.8. The van der Waals surface area contributed by atoms with E-state index >= 15 is 0 Å². The molecule has 7 nitrogen and oxygen atoms in total. The van der Waals surface area contributed by atoms with Crippen molar-refractivity contribution in [2.75, 3.05) is 0 Å². The number of aromatic nitrogens is 4. The number of aromatic amines is 2. The van der Waals surface area contributed by atoms with Crippen LogP contribution in [0.25, 0.3) is 0 Å². The quantitative estimate of drug-likeness (QED) is 0.751. The fourth-order valence-electron chi connectivity index (χ4n) is 2.34. The number of carbonyl (C=O) groups excluding carboxylic acids is 1. The lowest BCUT2D eigenvalue weighted by Crippen LogP contribution is -2.37. The van der Waals surface area contributed by atoms with Gasteiger partial charge in [0.25, 0.3) is 5.56 Å². The molecule has 2 rings (SSSR count). The highest BCUT2D eigenvalue weighted by Crippen LogP contribution is 2.03. The first kappa shape index (κ1) is 15.1. The molecule has 2 heterocycles. The summed E-state index contributed by atoms with van der Waals surface area (Å²) in [5.41, 5.74) is 2.95. The van der Waals surface area contributed by atoms with E-state index in [1.54, 1.807) is 6.92 Å². The van der Waals surface area contributed by atoms with Crippen LogP contribution in [-0.4, -0.2) is 31.9 Å². The number of hydrogen-bond acceptors (Lipinski definition) is 3. The highest BCUT2D eigenvalue weighted by Gasteiger charge is 2.14. The molecular weight excluding hydrogens is 270 g/mol. The number of amides is 1. The number of nitrogens with zero attached hydrogens (tertiary/aromatic N) is 2. The zero-order valence-corrected chi connectivity index (χ0v) is 12.8. The van der Waals surface area contributed by atoms with Crippen molar-refractivity contribution in [2.45, 2.75) is 46.7 Å². The summed E-state index contributed by atoms with van der Waals surface area (Å²) in [5, 5.41) is 12.4. The van der Waals surface area contributed by atoms with Crippen molar-refractivity contribution in [3.8, 4) is 0 Å². The Morgan fingerprint density at radius 1 is 1.38 bits per heavy atom. The van der Waals surface area contributed by atoms with Crippen molar-refractivity contribution < 1.29 is 4.79 Å². The lowest BCUT2D eigenvalue weighted by atomic mass is 10.1. The molecule has 0 aliphatic heterocycles. The average Bonchev–Trinajstić information content (AvgIpc) is 2.85. The molecule has 1 atom stereocenters. The zero-order chi connectivity index (χ0) is 15.6. The maximum Gasteiger partial charge on any atom is 0.267 e. The van der Waals surface area contributed by atoms with Crippen molar-refractivity contribution in [3.63, 3.8) is 0 Å². The van der Waals surface area contributed by atoms with E-state index in [0.717, 1.165) is 11.4 Å². The van der Waals surface area contributed by atoms with Gasteiger partial charge in [-0.25, -0.2) is 0 Å². The minimum Gasteiger partial charge on any atom is -0.351 e. The van der Waals surface area contributed by atoms with Gasteiger partial charge in [0.1, 0.15) is 0 Å². The van der Waals surface area contributed by atoms with Gasteiger partial charge in [0.15, 0.2) is 0 Å². The molecule has 0 saturated heterocycles. The minimum absolute atomic E-state index is 0.0613. The molecule has 0 aromatic carbocycles. The molecule has 21 heavy (non-hydrogen) atoms. The minimum atomic E-state index is -0.242. The molecule has 3 N–H and O–H groups in total. The fourth-order valence-corrected chi connectivity index (χ4v) is 2.34. The van der Waals surface area contributed by atoms with Crippen LogP contribution in [0.1, 0.15) is 29.6 Å². The molecule has 114 valence electrons. The molecule has 2 aromatic rings. The van der Waals surface area contributed by atoms with Gasteiger partial charge < -0.3 is 10.4 Å². The lowest BCUT2D eigenvalue weighted by Gasteiger charge is -2.15. The Kier molecular flexibility index (Phi) is 4.30. The molecule has 1 amide bonds. The van der Waals surface area contributed by atoms with E-state index in [4.69, 9.17) is 0 Å². The molecule has 2 aromatic heterocycles. The first-order chi connectivity index (χ1) is 9.86. The van der Waals surface area contributed by atoms with Crippen molar-refractivity contribution in [1.29, 1.82) is 0 Å². The highest BCUT2D eigenvalue weighted by atomic mass is 16.2. The lowest BCUT2D eigenvalue weighted by molar-refractivity contribution is -0.121. The average molecular weight is 291 g/mol. The first-order valence-electron chi connectivity index (χ1n) is 6.93. The van der Waals surface area contributed by atoms with Crippen molar-refractivity contribution >= 4 is 5.91 Å². The van der Waals surface area contributed by atoms with Crippen LogP contribution in [0.15, 0.2) is 10.9 Å². The van der Waals surface area contributed by atoms with Crippen molar-refractivity contribution in [3.05, 3.63) is 39.1 Å². The smallest absolute Gasteiger partial charge is 0.267 e. The molecule has 0 aliphatic carbocycles. The third-order valence-electron chi connectivity index (χ3n) is 3.39. The van der Waals surface area contributed by atoms with Crippen LogP contribution >= 0.6 is 0 Å². The normalized spacial score (nSPS) is 12.4. The largest absolute Gasteiger partial charge is 0.351 e. The summed E-state index contributed by atoms with van der Waals surface area (Å²) in [6.07, 6.45) is 0.0755. The maximum absolute atomic E-state index is 12.0. The number of H-pyrrole nitrogens is 2. The SMILES string of the molecule is Cc1cc(C)n(C[C@@H](C)NC(=O)Cc2c(C)[nH][nH]c2=O)n1. The van der Waals surface area contributed by atoms with E-state index in [9.17, 15) is 9.59 Å². The van der Waals surface area contributed by atoms with Crippen LogP contribution in [0.4, 0.5) is 0 Å². The maximum atomic E-state index is 12.0. The van der Waals surface area contributed by atoms with Gasteiger partial charge in [0.05, 0.1) is 18.7 Å². The van der Waals surface area contributed by atoms with Crippen LogP contribution in [0.2, 0.25) is 0 Å². The summed E-state index contributed by atoms with van der Waals surface area (Å²) >= 11 is 0. The van der Waals surface area contributed by atoms with Crippen LogP contribution in [0.3, 0.4) is 0 Å². The molecule has 0 unspecified atom stereocenters. The summed E-state index contributed by atoms with van der Waals surface area (Å²) < 4.78 is 1.87. The summed E-state index contributed by atoms with van der Waals surface area (Å²) in [4.78, 5) is 23.5. The number of hydrogen-bond donors (Lipinski definition) is 3. The van der Waals surface area contributed by atoms with Crippen LogP contribution in [-0.2, 0) is 17.8 Å². The predicted octanol–water partition coefficient (Wildman–Crippen LogP) is 0.572. The van der Waals surface area contributed by atoms with Gasteiger partial charge in [-0.2, -0.15) is 5.10 Å². The van der Waals surface area contributed by atoms with Crippen LogP contribution in [0, 0.1) is 20.8 Å². The van der Waals surface area contributed by atoms with Crippen molar-refractivity contribution in [1.82, 2.24) is 25.3 Å². The van der Waals surface area contributed by atoms with Crippen LogP contribution < -0.4 is 10.9 Å². The Morgan fingerprint density at radius 3 is 2.62 bits per heavy atom. The van der Waals surface area contributed by atoms with E-state index < -0.39 is 0 Å². The molecule has 0 spiro atoms. The van der Waals surface area contributed by atoms with E-state index in [-0.39, 0.29) is 23.9 Å². The highest BCUT2D eigenvalue weighted by molar-refractivity contribution is 5.78. The van der Waals surface area contributed by atoms with Crippen molar-refractivity contribution in [2.24, 2.45) is 0 Å². The summed E-state index contributed by atoms with van der Waals surface area (Å²) in [5.74, 6) is -0.169. The number of rotatable bonds is 5. The Hall–Kier alpha value is -2.31. The molecular formula is C14H21N5O2. The van der Waals surface area contributed by atoms with Gasteiger partial charge in [-0.1, -0.05) is 0 Å². The third kappa shape index (κ3) is 3.62. The van der Waals surface area contributed by atoms with E-state index in [0.29, 0.717) is 17.8 Å². The summed E-state index contributed by atoms with van der Waals surface area (Å²) in [7, 11) is 0. The third-order valence-corrected chi connectivity index (χ3v) is 3.39. The second kappa shape index (κ2) is 5.99. The number of aryl methyl sites for hydroxylation is 3. The predicted molar refractivity (Wildman–Crippen MR) is 79.2 cm³/mol. The monoisotopic (exact) mass is 291 g/mol. The summed E-state index contributed by atoms with van der Waals surface area (Å²) in [6, 6.07) is 1.94. The van der Waals surface area contributed by atoms with E-state index in [1.165, 1.54) is 0 Å². The van der Waals surface area contributed by atoms with Crippen LogP contribution in [0.5, 0.6) is 0 Å². The second-order valence-electron chi connectivity index (χ2n) is 5.44. The Bertz CT molecular complexity index is 695. The number of carbonyl (C=O) groups is 1. The summed E-state index contributed by atoms with van der Waals surface area (Å²) in [6.45, 7) is 8.21. The topological polar surface area (TPSA) is 95.6 Å². The molecule has 0 radical (unpaired) electrons. The van der Waals surface area contributed by atoms with Gasteiger partial charge in [-0.3, -0.25) is 19.4 Å². The molecule has 7 heteroatoms. The second-order valence-corrected chi connectivity index (χ2v) is 5.44. The number of nitrogens with one attached hydrogen (secondary N) is 3. The molecule has 0 bridgehead atoms. The van der Waals surface area contributed by atoms with E-state index in [2.05, 4.69) is 20.6 Å². The van der Waals surface area contributed by atoms with Gasteiger partial charge in [-0.15, -0.1) is 0 Å². The van der Waals surface area contributed by atoms with Gasteiger partial charge in [0.2, 0.25) is 5.91 Å². The van der Waals surface area contributed by atoms with Gasteiger partial charge in [-0.05, 0) is 33.8 Å². The first-order valence-corrected chi connectivity index (χ1v) is 6.93. The molecule has 0 aliphatic rings. The Morgan fingerprint density at radius 2 is 2.10 bits per heavy atom. The molecule has 0 saturated carbocycles. The fraction of sp³-hybridized carbons (Fsp3) is 0.500. The Labute approximate surface area is 122 Å².